The zero-order valence-electron chi connectivity index (χ0n) is 18.0. The number of nitrogens with zero attached hydrogens (tertiary/aromatic N) is 2. The average Bonchev–Trinajstić information content (AvgIpc) is 3.25. The van der Waals surface area contributed by atoms with Gasteiger partial charge in [0.05, 0.1) is 18.5 Å². The maximum absolute atomic E-state index is 12.4. The van der Waals surface area contributed by atoms with E-state index in [0.29, 0.717) is 28.8 Å². The summed E-state index contributed by atoms with van der Waals surface area (Å²) < 4.78 is 17.4. The highest BCUT2D eigenvalue weighted by atomic mass is 16.5. The molecule has 0 spiro atoms. The van der Waals surface area contributed by atoms with Gasteiger partial charge in [0.25, 0.3) is 0 Å². The molecule has 2 heterocycles. The number of hydrogen-bond acceptors (Lipinski definition) is 6. The Morgan fingerprint density at radius 1 is 1.26 bits per heavy atom. The Labute approximate surface area is 181 Å². The molecule has 2 atom stereocenters. The molecule has 0 saturated carbocycles. The summed E-state index contributed by atoms with van der Waals surface area (Å²) in [6.07, 6.45) is 10.6. The number of Topliss-reactive ketones (excluding diaryl/α,β-unsaturated/α-hetero) is 1. The molecule has 3 aromatic rings. The number of aryl methyl sites for hydroxylation is 1. The second-order valence-corrected chi connectivity index (χ2v) is 7.71. The van der Waals surface area contributed by atoms with E-state index in [2.05, 4.69) is 22.1 Å². The first kappa shape index (κ1) is 20.8. The minimum absolute atomic E-state index is 0.0206. The van der Waals surface area contributed by atoms with E-state index < -0.39 is 5.92 Å². The van der Waals surface area contributed by atoms with Crippen LogP contribution in [0.15, 0.2) is 59.4 Å². The normalized spacial score (nSPS) is 16.7. The Hall–Kier alpha value is -3.41. The Morgan fingerprint density at radius 3 is 2.84 bits per heavy atom. The van der Waals surface area contributed by atoms with Crippen LogP contribution in [-0.2, 0) is 4.79 Å². The summed E-state index contributed by atoms with van der Waals surface area (Å²) in [5, 5.41) is 0. The number of hydrogen-bond donors (Lipinski definition) is 0. The van der Waals surface area contributed by atoms with Crippen molar-refractivity contribution in [1.29, 1.82) is 0 Å². The highest BCUT2D eigenvalue weighted by Crippen LogP contribution is 2.35. The molecule has 0 radical (unpaired) electrons. The molecule has 1 aliphatic rings. The lowest BCUT2D eigenvalue weighted by atomic mass is 9.94. The van der Waals surface area contributed by atoms with Crippen molar-refractivity contribution in [2.75, 3.05) is 7.11 Å². The van der Waals surface area contributed by atoms with Gasteiger partial charge in [-0.15, -0.1) is 0 Å². The van der Waals surface area contributed by atoms with Crippen LogP contribution in [0.4, 0.5) is 0 Å². The third-order valence-corrected chi connectivity index (χ3v) is 5.45. The molecular weight excluding hydrogens is 392 g/mol. The van der Waals surface area contributed by atoms with E-state index in [9.17, 15) is 4.79 Å². The Bertz CT molecular complexity index is 1100. The average molecular weight is 418 g/mol. The van der Waals surface area contributed by atoms with Crippen LogP contribution in [0.5, 0.6) is 11.5 Å². The maximum Gasteiger partial charge on any atom is 0.226 e. The molecular formula is C25H26N2O4. The monoisotopic (exact) mass is 418 g/mol. The summed E-state index contributed by atoms with van der Waals surface area (Å²) in [6, 6.07) is 9.36. The maximum atomic E-state index is 12.4. The molecule has 0 saturated heterocycles. The van der Waals surface area contributed by atoms with Gasteiger partial charge in [0.2, 0.25) is 5.89 Å². The first-order chi connectivity index (χ1) is 15.1. The predicted molar refractivity (Wildman–Crippen MR) is 117 cm³/mol. The number of ketones is 1. The molecule has 2 unspecified atom stereocenters. The summed E-state index contributed by atoms with van der Waals surface area (Å²) in [4.78, 5) is 21.5. The lowest BCUT2D eigenvalue weighted by molar-refractivity contribution is -0.117. The van der Waals surface area contributed by atoms with E-state index in [1.165, 1.54) is 6.26 Å². The SMILES string of the molecule is COc1ccc(-c2nc(C(C(C)=O)c3ncccc3C)co2)cc1OC1C=CCCC1. The van der Waals surface area contributed by atoms with Gasteiger partial charge in [-0.25, -0.2) is 4.98 Å². The topological polar surface area (TPSA) is 74.5 Å². The first-order valence-electron chi connectivity index (χ1n) is 10.5. The van der Waals surface area contributed by atoms with Gasteiger partial charge in [0.15, 0.2) is 11.5 Å². The number of pyridine rings is 1. The van der Waals surface area contributed by atoms with Crippen molar-refractivity contribution >= 4 is 5.78 Å². The highest BCUT2D eigenvalue weighted by Gasteiger charge is 2.26. The molecule has 1 aromatic carbocycles. The van der Waals surface area contributed by atoms with Gasteiger partial charge in [0.1, 0.15) is 24.1 Å². The van der Waals surface area contributed by atoms with Crippen molar-refractivity contribution < 1.29 is 18.7 Å². The van der Waals surface area contributed by atoms with Crippen LogP contribution in [-0.4, -0.2) is 29.0 Å². The lowest BCUT2D eigenvalue weighted by Gasteiger charge is -2.20. The van der Waals surface area contributed by atoms with Crippen molar-refractivity contribution in [3.05, 3.63) is 71.9 Å². The molecule has 31 heavy (non-hydrogen) atoms. The zero-order chi connectivity index (χ0) is 21.8. The third-order valence-electron chi connectivity index (χ3n) is 5.45. The number of allylic oxidation sites excluding steroid dienone is 1. The molecule has 4 rings (SSSR count). The van der Waals surface area contributed by atoms with Crippen LogP contribution in [0.2, 0.25) is 0 Å². The van der Waals surface area contributed by atoms with E-state index in [-0.39, 0.29) is 11.9 Å². The summed E-state index contributed by atoms with van der Waals surface area (Å²) >= 11 is 0. The molecule has 0 aliphatic heterocycles. The lowest BCUT2D eigenvalue weighted by Crippen LogP contribution is -2.16. The molecule has 6 nitrogen and oxygen atoms in total. The number of methoxy groups -OCH3 is 1. The van der Waals surface area contributed by atoms with Crippen LogP contribution in [0, 0.1) is 6.92 Å². The van der Waals surface area contributed by atoms with Gasteiger partial charge in [-0.1, -0.05) is 12.1 Å². The van der Waals surface area contributed by atoms with E-state index >= 15 is 0 Å². The second-order valence-electron chi connectivity index (χ2n) is 7.71. The second kappa shape index (κ2) is 9.16. The fourth-order valence-electron chi connectivity index (χ4n) is 3.84. The molecule has 160 valence electrons. The quantitative estimate of drug-likeness (QED) is 0.487. The number of ether oxygens (including phenoxy) is 2. The molecule has 0 bridgehead atoms. The largest absolute Gasteiger partial charge is 0.493 e. The van der Waals surface area contributed by atoms with Crippen LogP contribution >= 0.6 is 0 Å². The highest BCUT2D eigenvalue weighted by molar-refractivity contribution is 5.86. The smallest absolute Gasteiger partial charge is 0.226 e. The van der Waals surface area contributed by atoms with E-state index in [4.69, 9.17) is 13.9 Å². The minimum Gasteiger partial charge on any atom is -0.493 e. The Balaban J connectivity index is 1.66. The summed E-state index contributed by atoms with van der Waals surface area (Å²) in [7, 11) is 1.62. The number of rotatable bonds is 7. The van der Waals surface area contributed by atoms with Crippen LogP contribution in [0.1, 0.15) is 49.1 Å². The number of aromatic nitrogens is 2. The van der Waals surface area contributed by atoms with Gasteiger partial charge in [-0.2, -0.15) is 0 Å². The van der Waals surface area contributed by atoms with E-state index in [0.717, 1.165) is 30.4 Å². The fraction of sp³-hybridized carbons (Fsp3) is 0.320. The van der Waals surface area contributed by atoms with Crippen LogP contribution in [0.3, 0.4) is 0 Å². The molecule has 2 aromatic heterocycles. The number of benzene rings is 1. The van der Waals surface area contributed by atoms with Crippen molar-refractivity contribution in [2.24, 2.45) is 0 Å². The molecule has 1 aliphatic carbocycles. The standard InChI is InChI=1S/C25H26N2O4/c1-16-8-7-13-26-24(16)23(17(2)28)20-15-30-25(27-20)18-11-12-21(29-3)22(14-18)31-19-9-5-4-6-10-19/h5,7-9,11-15,19,23H,4,6,10H2,1-3H3. The van der Waals surface area contributed by atoms with Gasteiger partial charge < -0.3 is 13.9 Å². The first-order valence-corrected chi connectivity index (χ1v) is 10.5. The van der Waals surface area contributed by atoms with Gasteiger partial charge in [-0.3, -0.25) is 9.78 Å². The van der Waals surface area contributed by atoms with Crippen molar-refractivity contribution in [2.45, 2.75) is 45.1 Å². The summed E-state index contributed by atoms with van der Waals surface area (Å²) in [5.41, 5.74) is 2.92. The fourth-order valence-corrected chi connectivity index (χ4v) is 3.84. The molecule has 6 heteroatoms. The summed E-state index contributed by atoms with van der Waals surface area (Å²) in [5.74, 6) is 1.10. The molecule has 0 amide bonds. The van der Waals surface area contributed by atoms with Crippen LogP contribution < -0.4 is 9.47 Å². The Morgan fingerprint density at radius 2 is 2.13 bits per heavy atom. The number of carbonyl (C=O) groups is 1. The molecule has 0 N–H and O–H groups in total. The van der Waals surface area contributed by atoms with E-state index in [1.54, 1.807) is 20.2 Å². The van der Waals surface area contributed by atoms with Gasteiger partial charge in [0, 0.05) is 11.8 Å². The van der Waals surface area contributed by atoms with Crippen molar-refractivity contribution in [1.82, 2.24) is 9.97 Å². The van der Waals surface area contributed by atoms with Crippen molar-refractivity contribution in [3.63, 3.8) is 0 Å². The predicted octanol–water partition coefficient (Wildman–Crippen LogP) is 5.26. The number of carbonyl (C=O) groups excluding carboxylic acids is 1. The minimum atomic E-state index is -0.569. The van der Waals surface area contributed by atoms with Gasteiger partial charge >= 0.3 is 0 Å². The van der Waals surface area contributed by atoms with E-state index in [1.807, 2.05) is 37.3 Å². The van der Waals surface area contributed by atoms with Crippen LogP contribution in [0.25, 0.3) is 11.5 Å². The van der Waals surface area contributed by atoms with Crippen molar-refractivity contribution in [3.8, 4) is 23.0 Å². The Kier molecular flexibility index (Phi) is 6.16. The number of oxazole rings is 1. The zero-order valence-corrected chi connectivity index (χ0v) is 18.0. The van der Waals surface area contributed by atoms with Gasteiger partial charge in [-0.05, 0) is 69.0 Å². The third kappa shape index (κ3) is 4.53. The summed E-state index contributed by atoms with van der Waals surface area (Å²) in [6.45, 7) is 3.48. The molecule has 0 fully saturated rings.